The van der Waals surface area contributed by atoms with Crippen LogP contribution in [0.2, 0.25) is 0 Å². The van der Waals surface area contributed by atoms with Crippen molar-refractivity contribution in [3.05, 3.63) is 42.5 Å². The summed E-state index contributed by atoms with van der Waals surface area (Å²) < 4.78 is 1.73. The molecule has 7 heteroatoms. The lowest BCUT2D eigenvalue weighted by atomic mass is 9.90. The van der Waals surface area contributed by atoms with Gasteiger partial charge in [0.25, 0.3) is 5.91 Å². The summed E-state index contributed by atoms with van der Waals surface area (Å²) in [5.41, 5.74) is 0.122. The van der Waals surface area contributed by atoms with E-state index in [0.29, 0.717) is 18.4 Å². The van der Waals surface area contributed by atoms with Crippen molar-refractivity contribution in [2.45, 2.75) is 44.1 Å². The lowest BCUT2D eigenvalue weighted by Gasteiger charge is -2.29. The van der Waals surface area contributed by atoms with Gasteiger partial charge in [-0.3, -0.25) is 9.36 Å². The van der Waals surface area contributed by atoms with Gasteiger partial charge in [-0.05, 0) is 37.1 Å². The Hall–Kier alpha value is -2.70. The number of hydrogen-bond acceptors (Lipinski definition) is 4. The summed E-state index contributed by atoms with van der Waals surface area (Å²) in [4.78, 5) is 24.3. The molecule has 0 atom stereocenters. The fourth-order valence-corrected chi connectivity index (χ4v) is 3.13. The Morgan fingerprint density at radius 3 is 2.12 bits per heavy atom. The highest BCUT2D eigenvalue weighted by Gasteiger charge is 2.40. The molecule has 0 radical (unpaired) electrons. The summed E-state index contributed by atoms with van der Waals surface area (Å²) in [6.45, 7) is 0. The van der Waals surface area contributed by atoms with Crippen molar-refractivity contribution in [1.82, 2.24) is 20.1 Å². The van der Waals surface area contributed by atoms with Gasteiger partial charge in [-0.2, -0.15) is 0 Å². The van der Waals surface area contributed by atoms with Gasteiger partial charge in [-0.1, -0.05) is 25.7 Å². The molecule has 2 N–H and O–H groups in total. The Morgan fingerprint density at radius 2 is 1.58 bits per heavy atom. The molecule has 0 spiro atoms. The molecule has 1 amide bonds. The average Bonchev–Trinajstić information content (AvgIpc) is 3.02. The standard InChI is InChI=1S/C17H20N4O3/c22-15(20-17(16(23)24)9-3-1-2-4-10-17)13-5-7-14(8-6-13)21-11-18-19-12-21/h5-8,11-12H,1-4,9-10H2,(H,20,22)(H,23,24). The molecular formula is C17H20N4O3. The van der Waals surface area contributed by atoms with Crippen LogP contribution in [-0.4, -0.2) is 37.3 Å². The summed E-state index contributed by atoms with van der Waals surface area (Å²) in [6, 6.07) is 6.91. The molecule has 1 aliphatic carbocycles. The van der Waals surface area contributed by atoms with Crippen molar-refractivity contribution >= 4 is 11.9 Å². The Morgan fingerprint density at radius 1 is 1.00 bits per heavy atom. The average molecular weight is 328 g/mol. The lowest BCUT2D eigenvalue weighted by Crippen LogP contribution is -2.54. The van der Waals surface area contributed by atoms with E-state index in [9.17, 15) is 14.7 Å². The van der Waals surface area contributed by atoms with Crippen LogP contribution in [0.5, 0.6) is 0 Å². The quantitative estimate of drug-likeness (QED) is 0.838. The monoisotopic (exact) mass is 328 g/mol. The van der Waals surface area contributed by atoms with E-state index in [0.717, 1.165) is 31.4 Å². The van der Waals surface area contributed by atoms with Gasteiger partial charge in [0.15, 0.2) is 0 Å². The first-order valence-electron chi connectivity index (χ1n) is 8.12. The van der Waals surface area contributed by atoms with Crippen LogP contribution in [-0.2, 0) is 4.79 Å². The first-order chi connectivity index (χ1) is 11.6. The fourth-order valence-electron chi connectivity index (χ4n) is 3.13. The third-order valence-electron chi connectivity index (χ3n) is 4.57. The number of carboxylic acid groups (broad SMARTS) is 1. The minimum absolute atomic E-state index is 0.352. The molecular weight excluding hydrogens is 308 g/mol. The van der Waals surface area contributed by atoms with Gasteiger partial charge in [0.1, 0.15) is 18.2 Å². The van der Waals surface area contributed by atoms with Crippen LogP contribution in [0.4, 0.5) is 0 Å². The first-order valence-corrected chi connectivity index (χ1v) is 8.12. The van der Waals surface area contributed by atoms with Crippen LogP contribution >= 0.6 is 0 Å². The van der Waals surface area contributed by atoms with Crippen molar-refractivity contribution in [3.8, 4) is 5.69 Å². The minimum Gasteiger partial charge on any atom is -0.480 e. The van der Waals surface area contributed by atoms with Crippen LogP contribution in [0.25, 0.3) is 5.69 Å². The van der Waals surface area contributed by atoms with Crippen molar-refractivity contribution in [2.24, 2.45) is 0 Å². The molecule has 0 aliphatic heterocycles. The third kappa shape index (κ3) is 3.29. The van der Waals surface area contributed by atoms with Crippen LogP contribution in [0, 0.1) is 0 Å². The molecule has 0 unspecified atom stereocenters. The highest BCUT2D eigenvalue weighted by atomic mass is 16.4. The second kappa shape index (κ2) is 6.82. The highest BCUT2D eigenvalue weighted by Crippen LogP contribution is 2.28. The number of rotatable bonds is 4. The summed E-state index contributed by atoms with van der Waals surface area (Å²) in [6.07, 6.45) is 7.76. The zero-order chi connectivity index (χ0) is 17.0. The highest BCUT2D eigenvalue weighted by molar-refractivity contribution is 5.98. The van der Waals surface area contributed by atoms with E-state index in [1.807, 2.05) is 0 Å². The van der Waals surface area contributed by atoms with Gasteiger partial charge in [0, 0.05) is 11.3 Å². The Balaban J connectivity index is 1.76. The SMILES string of the molecule is O=C(NC1(C(=O)O)CCCCCC1)c1ccc(-n2cnnc2)cc1. The van der Waals surface area contributed by atoms with Crippen LogP contribution < -0.4 is 5.32 Å². The van der Waals surface area contributed by atoms with Gasteiger partial charge >= 0.3 is 5.97 Å². The number of benzene rings is 1. The smallest absolute Gasteiger partial charge is 0.329 e. The lowest BCUT2D eigenvalue weighted by molar-refractivity contribution is -0.145. The molecule has 1 aromatic carbocycles. The van der Waals surface area contributed by atoms with Crippen molar-refractivity contribution < 1.29 is 14.7 Å². The third-order valence-corrected chi connectivity index (χ3v) is 4.57. The number of carboxylic acids is 1. The molecule has 2 aromatic rings. The number of carbonyl (C=O) groups excluding carboxylic acids is 1. The summed E-state index contributed by atoms with van der Waals surface area (Å²) in [5.74, 6) is -1.30. The molecule has 0 bridgehead atoms. The maximum Gasteiger partial charge on any atom is 0.329 e. The Labute approximate surface area is 139 Å². The van der Waals surface area contributed by atoms with E-state index in [1.165, 1.54) is 0 Å². The molecule has 0 saturated heterocycles. The van der Waals surface area contributed by atoms with Crippen LogP contribution in [0.3, 0.4) is 0 Å². The maximum atomic E-state index is 12.5. The summed E-state index contributed by atoms with van der Waals surface area (Å²) in [5, 5.41) is 19.9. The minimum atomic E-state index is -1.15. The summed E-state index contributed by atoms with van der Waals surface area (Å²) in [7, 11) is 0. The molecule has 24 heavy (non-hydrogen) atoms. The summed E-state index contributed by atoms with van der Waals surface area (Å²) >= 11 is 0. The molecule has 1 saturated carbocycles. The molecule has 1 aromatic heterocycles. The number of carbonyl (C=O) groups is 2. The molecule has 1 aliphatic rings. The normalized spacial score (nSPS) is 17.0. The predicted molar refractivity (Wildman–Crippen MR) is 86.9 cm³/mol. The van der Waals surface area contributed by atoms with Crippen LogP contribution in [0.1, 0.15) is 48.9 Å². The van der Waals surface area contributed by atoms with Gasteiger partial charge in [-0.15, -0.1) is 10.2 Å². The number of aliphatic carboxylic acids is 1. The molecule has 126 valence electrons. The van der Waals surface area contributed by atoms with Gasteiger partial charge in [-0.25, -0.2) is 4.79 Å². The Kier molecular flexibility index (Phi) is 4.59. The van der Waals surface area contributed by atoms with Crippen molar-refractivity contribution in [2.75, 3.05) is 0 Å². The number of hydrogen-bond donors (Lipinski definition) is 2. The molecule has 3 rings (SSSR count). The van der Waals surface area contributed by atoms with Gasteiger partial charge < -0.3 is 10.4 Å². The fraction of sp³-hybridized carbons (Fsp3) is 0.412. The number of nitrogens with zero attached hydrogens (tertiary/aromatic N) is 3. The second-order valence-corrected chi connectivity index (χ2v) is 6.17. The first kappa shape index (κ1) is 16.2. The largest absolute Gasteiger partial charge is 0.480 e. The van der Waals surface area contributed by atoms with E-state index in [4.69, 9.17) is 0 Å². The van der Waals surface area contributed by atoms with E-state index in [1.54, 1.807) is 41.5 Å². The Bertz CT molecular complexity index is 702. The maximum absolute atomic E-state index is 12.5. The van der Waals surface area contributed by atoms with E-state index in [-0.39, 0.29) is 5.91 Å². The predicted octanol–water partition coefficient (Wildman–Crippen LogP) is 2.17. The molecule has 7 nitrogen and oxygen atoms in total. The number of aromatic nitrogens is 3. The van der Waals surface area contributed by atoms with Gasteiger partial charge in [0.2, 0.25) is 0 Å². The van der Waals surface area contributed by atoms with Crippen LogP contribution in [0.15, 0.2) is 36.9 Å². The zero-order valence-electron chi connectivity index (χ0n) is 13.3. The van der Waals surface area contributed by atoms with E-state index < -0.39 is 11.5 Å². The topological polar surface area (TPSA) is 97.1 Å². The van der Waals surface area contributed by atoms with Gasteiger partial charge in [0.05, 0.1) is 0 Å². The van der Waals surface area contributed by atoms with Crippen molar-refractivity contribution in [1.29, 1.82) is 0 Å². The van der Waals surface area contributed by atoms with E-state index >= 15 is 0 Å². The van der Waals surface area contributed by atoms with Crippen molar-refractivity contribution in [3.63, 3.8) is 0 Å². The van der Waals surface area contributed by atoms with E-state index in [2.05, 4.69) is 15.5 Å². The molecule has 1 fully saturated rings. The zero-order valence-corrected chi connectivity index (χ0v) is 13.3. The number of amides is 1. The molecule has 1 heterocycles. The second-order valence-electron chi connectivity index (χ2n) is 6.17. The number of nitrogens with one attached hydrogen (secondary N) is 1.